The number of allylic oxidation sites excluding steroid dienone is 1. The van der Waals surface area contributed by atoms with Gasteiger partial charge >= 0.3 is 29.8 Å². The summed E-state index contributed by atoms with van der Waals surface area (Å²) in [7, 11) is 0. The molecule has 3 fully saturated rings. The van der Waals surface area contributed by atoms with E-state index in [1.165, 1.54) is 6.08 Å². The Kier molecular flexibility index (Phi) is 2.08. The van der Waals surface area contributed by atoms with Crippen LogP contribution in [-0.4, -0.2) is 35.0 Å². The Bertz CT molecular complexity index is 632. The Morgan fingerprint density at radius 2 is 1.24 bits per heavy atom. The molecule has 2 heterocycles. The summed E-state index contributed by atoms with van der Waals surface area (Å²) < 4.78 is 9.17. The van der Waals surface area contributed by atoms with Gasteiger partial charge in [0.2, 0.25) is 0 Å². The van der Waals surface area contributed by atoms with Crippen LogP contribution in [0.15, 0.2) is 11.6 Å². The zero-order chi connectivity index (χ0) is 15.0. The quantitative estimate of drug-likeness (QED) is 0.476. The Hall–Kier alpha value is -2.51. The third kappa shape index (κ3) is 1.27. The van der Waals surface area contributed by atoms with Crippen LogP contribution in [0.4, 0.5) is 0 Å². The largest absolute Gasteiger partial charge is 0.478 e. The van der Waals surface area contributed by atoms with E-state index in [1.54, 1.807) is 0 Å². The molecule has 5 rings (SSSR count). The first-order chi connectivity index (χ1) is 9.91. The molecule has 8 nitrogen and oxygen atoms in total. The highest BCUT2D eigenvalue weighted by Gasteiger charge is 2.70. The van der Waals surface area contributed by atoms with Crippen LogP contribution in [-0.2, 0) is 33.4 Å². The third-order valence-electron chi connectivity index (χ3n) is 4.85. The smallest absolute Gasteiger partial charge is 0.331 e. The van der Waals surface area contributed by atoms with E-state index in [9.17, 15) is 29.1 Å². The molecular formula is C13H8O8. The highest BCUT2D eigenvalue weighted by molar-refractivity contribution is 6.05. The van der Waals surface area contributed by atoms with Crippen LogP contribution < -0.4 is 0 Å². The third-order valence-corrected chi connectivity index (χ3v) is 4.85. The molecular weight excluding hydrogens is 284 g/mol. The number of rotatable bonds is 1. The Morgan fingerprint density at radius 1 is 0.810 bits per heavy atom. The molecule has 1 saturated carbocycles. The Balaban J connectivity index is 1.93. The highest BCUT2D eigenvalue weighted by Crippen LogP contribution is 2.59. The van der Waals surface area contributed by atoms with E-state index < -0.39 is 65.4 Å². The van der Waals surface area contributed by atoms with Crippen LogP contribution in [0.25, 0.3) is 0 Å². The topological polar surface area (TPSA) is 124 Å². The number of hydrogen-bond donors (Lipinski definition) is 1. The molecule has 5 aliphatic rings. The molecule has 1 N–H and O–H groups in total. The second-order valence-corrected chi connectivity index (χ2v) is 5.61. The first kappa shape index (κ1) is 12.2. The fraction of sp³-hybridized carbons (Fsp3) is 0.462. The zero-order valence-corrected chi connectivity index (χ0v) is 10.3. The molecule has 0 radical (unpaired) electrons. The highest BCUT2D eigenvalue weighted by atomic mass is 16.6. The van der Waals surface area contributed by atoms with Gasteiger partial charge in [0, 0.05) is 17.4 Å². The number of carbonyl (C=O) groups excluding carboxylic acids is 4. The fourth-order valence-electron chi connectivity index (χ4n) is 4.16. The summed E-state index contributed by atoms with van der Waals surface area (Å²) in [6.07, 6.45) is 1.30. The minimum absolute atomic E-state index is 0.124. The standard InChI is InChI=1S/C13H8O8/c14-9(15)3-1-2-5-7(12(18)20-10(5)16)4(3)8-6(2)11(17)21-13(8)19/h1-2,4-8H,(H,14,15)/t2?,4?,5-,6+,7+,8-. The van der Waals surface area contributed by atoms with Crippen LogP contribution in [0, 0.1) is 35.5 Å². The number of carboxylic acid groups (broad SMARTS) is 1. The number of carboxylic acids is 1. The van der Waals surface area contributed by atoms with Gasteiger partial charge in [-0.3, -0.25) is 19.2 Å². The van der Waals surface area contributed by atoms with Gasteiger partial charge in [-0.25, -0.2) is 4.79 Å². The molecule has 0 spiro atoms. The first-order valence-electron chi connectivity index (χ1n) is 6.38. The lowest BCUT2D eigenvalue weighted by molar-refractivity contribution is -0.154. The minimum atomic E-state index is -1.28. The van der Waals surface area contributed by atoms with Crippen molar-refractivity contribution in [3.05, 3.63) is 11.6 Å². The molecule has 0 aromatic rings. The van der Waals surface area contributed by atoms with Crippen LogP contribution in [0.3, 0.4) is 0 Å². The molecule has 3 aliphatic carbocycles. The number of cyclic esters (lactones) is 4. The predicted octanol–water partition coefficient (Wildman–Crippen LogP) is -1.11. The monoisotopic (exact) mass is 292 g/mol. The molecule has 2 aliphatic heterocycles. The average Bonchev–Trinajstić information content (AvgIpc) is 2.90. The van der Waals surface area contributed by atoms with Crippen LogP contribution >= 0.6 is 0 Å². The average molecular weight is 292 g/mol. The van der Waals surface area contributed by atoms with Gasteiger partial charge < -0.3 is 14.6 Å². The van der Waals surface area contributed by atoms with E-state index in [4.69, 9.17) is 0 Å². The second-order valence-electron chi connectivity index (χ2n) is 5.61. The van der Waals surface area contributed by atoms with E-state index in [0.29, 0.717) is 0 Å². The van der Waals surface area contributed by atoms with Gasteiger partial charge in [0.25, 0.3) is 0 Å². The Morgan fingerprint density at radius 3 is 1.67 bits per heavy atom. The molecule has 108 valence electrons. The van der Waals surface area contributed by atoms with E-state index in [-0.39, 0.29) is 5.57 Å². The van der Waals surface area contributed by atoms with E-state index >= 15 is 0 Å². The van der Waals surface area contributed by atoms with E-state index in [2.05, 4.69) is 9.47 Å². The predicted molar refractivity (Wildman–Crippen MR) is 58.9 cm³/mol. The van der Waals surface area contributed by atoms with Crippen molar-refractivity contribution in [2.45, 2.75) is 0 Å². The van der Waals surface area contributed by atoms with Crippen molar-refractivity contribution in [3.63, 3.8) is 0 Å². The van der Waals surface area contributed by atoms with Crippen molar-refractivity contribution >= 4 is 29.8 Å². The maximum Gasteiger partial charge on any atom is 0.331 e. The zero-order valence-electron chi connectivity index (χ0n) is 10.3. The summed E-state index contributed by atoms with van der Waals surface area (Å²) in [4.78, 5) is 58.7. The van der Waals surface area contributed by atoms with Crippen LogP contribution in [0.5, 0.6) is 0 Å². The molecule has 6 atom stereocenters. The van der Waals surface area contributed by atoms with Gasteiger partial charge in [-0.2, -0.15) is 0 Å². The molecule has 0 aromatic carbocycles. The number of carbonyl (C=O) groups is 5. The molecule has 2 unspecified atom stereocenters. The van der Waals surface area contributed by atoms with Gasteiger partial charge in [0.15, 0.2) is 0 Å². The summed E-state index contributed by atoms with van der Waals surface area (Å²) in [6, 6.07) is 0. The van der Waals surface area contributed by atoms with Gasteiger partial charge in [0.1, 0.15) is 0 Å². The number of ether oxygens (including phenoxy) is 2. The van der Waals surface area contributed by atoms with Crippen molar-refractivity contribution in [1.82, 2.24) is 0 Å². The lowest BCUT2D eigenvalue weighted by Gasteiger charge is -2.44. The maximum atomic E-state index is 11.9. The minimum Gasteiger partial charge on any atom is -0.478 e. The van der Waals surface area contributed by atoms with Crippen LogP contribution in [0.1, 0.15) is 0 Å². The maximum absolute atomic E-state index is 11.9. The van der Waals surface area contributed by atoms with Gasteiger partial charge in [0.05, 0.1) is 23.7 Å². The molecule has 8 heteroatoms. The van der Waals surface area contributed by atoms with Gasteiger partial charge in [-0.15, -0.1) is 0 Å². The summed E-state index contributed by atoms with van der Waals surface area (Å²) >= 11 is 0. The molecule has 0 amide bonds. The molecule has 21 heavy (non-hydrogen) atoms. The number of hydrogen-bond acceptors (Lipinski definition) is 7. The normalized spacial score (nSPS) is 43.1. The number of esters is 4. The lowest BCUT2D eigenvalue weighted by atomic mass is 9.52. The first-order valence-corrected chi connectivity index (χ1v) is 6.38. The van der Waals surface area contributed by atoms with Crippen molar-refractivity contribution in [1.29, 1.82) is 0 Å². The SMILES string of the molecule is O=C(O)C1=CC2[C@H]3C(=O)OC(=O)[C@H]3C1[C@H]1C(=O)OC(=O)[C@@H]21. The second kappa shape index (κ2) is 3.57. The van der Waals surface area contributed by atoms with Crippen molar-refractivity contribution in [2.24, 2.45) is 35.5 Å². The van der Waals surface area contributed by atoms with Gasteiger partial charge in [-0.05, 0) is 0 Å². The summed E-state index contributed by atoms with van der Waals surface area (Å²) in [5, 5.41) is 9.26. The van der Waals surface area contributed by atoms with Crippen molar-refractivity contribution in [2.75, 3.05) is 0 Å². The summed E-state index contributed by atoms with van der Waals surface area (Å²) in [5.74, 6) is -10.3. The van der Waals surface area contributed by atoms with E-state index in [1.807, 2.05) is 0 Å². The lowest BCUT2D eigenvalue weighted by Crippen LogP contribution is -2.53. The van der Waals surface area contributed by atoms with Gasteiger partial charge in [-0.1, -0.05) is 6.08 Å². The molecule has 2 saturated heterocycles. The Labute approximate surface area is 116 Å². The molecule has 0 aromatic heterocycles. The fourth-order valence-corrected chi connectivity index (χ4v) is 4.16. The summed E-state index contributed by atoms with van der Waals surface area (Å²) in [6.45, 7) is 0. The molecule has 2 bridgehead atoms. The van der Waals surface area contributed by atoms with Crippen molar-refractivity contribution in [3.8, 4) is 0 Å². The van der Waals surface area contributed by atoms with E-state index in [0.717, 1.165) is 0 Å². The van der Waals surface area contributed by atoms with Crippen molar-refractivity contribution < 1.29 is 38.6 Å². The number of aliphatic carboxylic acids is 1. The summed E-state index contributed by atoms with van der Waals surface area (Å²) in [5.41, 5.74) is -0.124. The van der Waals surface area contributed by atoms with Crippen LogP contribution in [0.2, 0.25) is 0 Å².